The van der Waals surface area contributed by atoms with Gasteiger partial charge in [-0.05, 0) is 27.3 Å². The molecule has 86 valence electrons. The lowest BCUT2D eigenvalue weighted by Crippen LogP contribution is -2.40. The molecule has 0 rings (SSSR count). The van der Waals surface area contributed by atoms with Crippen LogP contribution in [0.2, 0.25) is 0 Å². The molecule has 3 nitrogen and oxygen atoms in total. The van der Waals surface area contributed by atoms with Gasteiger partial charge in [0.15, 0.2) is 0 Å². The summed E-state index contributed by atoms with van der Waals surface area (Å²) >= 11 is 0. The summed E-state index contributed by atoms with van der Waals surface area (Å²) in [5.41, 5.74) is 5.63. The van der Waals surface area contributed by atoms with Crippen molar-refractivity contribution in [2.45, 2.75) is 45.8 Å². The minimum Gasteiger partial charge on any atom is -0.376 e. The molecule has 0 heterocycles. The average Bonchev–Trinajstić information content (AvgIpc) is 2.17. The van der Waals surface area contributed by atoms with Gasteiger partial charge in [-0.15, -0.1) is 0 Å². The first-order valence-electron chi connectivity index (χ1n) is 5.67. The van der Waals surface area contributed by atoms with E-state index < -0.39 is 0 Å². The minimum atomic E-state index is 0.185. The van der Waals surface area contributed by atoms with Crippen molar-refractivity contribution in [3.63, 3.8) is 0 Å². The van der Waals surface area contributed by atoms with Gasteiger partial charge < -0.3 is 15.4 Å². The normalized spacial score (nSPS) is 15.9. The highest BCUT2D eigenvalue weighted by molar-refractivity contribution is 4.69. The minimum absolute atomic E-state index is 0.185. The van der Waals surface area contributed by atoms with E-state index in [1.807, 2.05) is 6.92 Å². The van der Waals surface area contributed by atoms with Crippen molar-refractivity contribution < 1.29 is 4.74 Å². The molecule has 0 spiro atoms. The molecule has 14 heavy (non-hydrogen) atoms. The maximum absolute atomic E-state index is 5.63. The number of ether oxygens (including phenoxy) is 1. The maximum atomic E-state index is 5.63. The molecule has 0 fully saturated rings. The van der Waals surface area contributed by atoms with Gasteiger partial charge in [-0.1, -0.05) is 13.3 Å². The highest BCUT2D eigenvalue weighted by Gasteiger charge is 2.13. The molecule has 0 radical (unpaired) electrons. The molecule has 0 aromatic heterocycles. The first kappa shape index (κ1) is 13.9. The number of hydrogen-bond donors (Lipinski definition) is 1. The van der Waals surface area contributed by atoms with Crippen LogP contribution in [0.3, 0.4) is 0 Å². The predicted molar refractivity (Wildman–Crippen MR) is 61.5 cm³/mol. The summed E-state index contributed by atoms with van der Waals surface area (Å²) in [6.45, 7) is 8.77. The fraction of sp³-hybridized carbons (Fsp3) is 1.00. The molecule has 0 saturated heterocycles. The Morgan fingerprint density at radius 3 is 2.43 bits per heavy atom. The highest BCUT2D eigenvalue weighted by Crippen LogP contribution is 2.05. The van der Waals surface area contributed by atoms with Crippen molar-refractivity contribution in [3.05, 3.63) is 0 Å². The van der Waals surface area contributed by atoms with E-state index in [2.05, 4.69) is 25.8 Å². The van der Waals surface area contributed by atoms with Crippen molar-refractivity contribution in [2.24, 2.45) is 5.73 Å². The van der Waals surface area contributed by atoms with Crippen LogP contribution in [0.25, 0.3) is 0 Å². The number of nitrogens with zero attached hydrogens (tertiary/aromatic N) is 1. The molecular weight excluding hydrogens is 176 g/mol. The lowest BCUT2D eigenvalue weighted by Gasteiger charge is -2.28. The third-order valence-electron chi connectivity index (χ3n) is 2.62. The Morgan fingerprint density at radius 2 is 2.00 bits per heavy atom. The summed E-state index contributed by atoms with van der Waals surface area (Å²) < 4.78 is 5.52. The summed E-state index contributed by atoms with van der Waals surface area (Å²) in [5.74, 6) is 0. The second-order valence-electron chi connectivity index (χ2n) is 3.89. The highest BCUT2D eigenvalue weighted by atomic mass is 16.5. The van der Waals surface area contributed by atoms with E-state index in [0.717, 1.165) is 13.2 Å². The Labute approximate surface area is 88.6 Å². The van der Waals surface area contributed by atoms with Crippen LogP contribution < -0.4 is 5.73 Å². The Morgan fingerprint density at radius 1 is 1.36 bits per heavy atom. The van der Waals surface area contributed by atoms with Gasteiger partial charge >= 0.3 is 0 Å². The van der Waals surface area contributed by atoms with Crippen LogP contribution in [0.1, 0.15) is 33.6 Å². The van der Waals surface area contributed by atoms with Crippen LogP contribution in [0.5, 0.6) is 0 Å². The third-order valence-corrected chi connectivity index (χ3v) is 2.62. The van der Waals surface area contributed by atoms with E-state index in [9.17, 15) is 0 Å². The van der Waals surface area contributed by atoms with Crippen LogP contribution in [0, 0.1) is 0 Å². The van der Waals surface area contributed by atoms with Gasteiger partial charge in [-0.3, -0.25) is 0 Å². The fourth-order valence-corrected chi connectivity index (χ4v) is 1.57. The van der Waals surface area contributed by atoms with Crippen LogP contribution in [0.15, 0.2) is 0 Å². The molecule has 0 aliphatic heterocycles. The maximum Gasteiger partial charge on any atom is 0.0823 e. The lowest BCUT2D eigenvalue weighted by molar-refractivity contribution is 0.0363. The third kappa shape index (κ3) is 5.58. The van der Waals surface area contributed by atoms with Gasteiger partial charge in [0.25, 0.3) is 0 Å². The van der Waals surface area contributed by atoms with Crippen LogP contribution in [0.4, 0.5) is 0 Å². The van der Waals surface area contributed by atoms with Gasteiger partial charge in [0, 0.05) is 25.7 Å². The fourth-order valence-electron chi connectivity index (χ4n) is 1.57. The number of hydrogen-bond acceptors (Lipinski definition) is 3. The first-order chi connectivity index (χ1) is 6.65. The van der Waals surface area contributed by atoms with Crippen molar-refractivity contribution >= 4 is 0 Å². The van der Waals surface area contributed by atoms with Gasteiger partial charge in [0.1, 0.15) is 0 Å². The zero-order chi connectivity index (χ0) is 11.0. The van der Waals surface area contributed by atoms with Crippen molar-refractivity contribution in [2.75, 3.05) is 26.7 Å². The largest absolute Gasteiger partial charge is 0.376 e. The quantitative estimate of drug-likeness (QED) is 0.648. The van der Waals surface area contributed by atoms with Crippen LogP contribution >= 0.6 is 0 Å². The van der Waals surface area contributed by atoms with Gasteiger partial charge in [-0.2, -0.15) is 0 Å². The second kappa shape index (κ2) is 8.21. The molecule has 0 bridgehead atoms. The van der Waals surface area contributed by atoms with E-state index in [1.54, 1.807) is 0 Å². The molecule has 2 atom stereocenters. The molecule has 3 heteroatoms. The SMILES string of the molecule is CCCC(C)N(C)CC(CN)OCC. The summed E-state index contributed by atoms with van der Waals surface area (Å²) in [6, 6.07) is 0.620. The standard InChI is InChI=1S/C11H26N2O/c1-5-7-10(3)13(4)9-11(8-12)14-6-2/h10-11H,5-9,12H2,1-4H3. The zero-order valence-corrected chi connectivity index (χ0v) is 10.1. The Bertz CT molecular complexity index is 130. The number of rotatable bonds is 8. The molecule has 2 unspecified atom stereocenters. The number of likely N-dealkylation sites (N-methyl/N-ethyl adjacent to an activating group) is 1. The predicted octanol–water partition coefficient (Wildman–Crippen LogP) is 1.47. The Kier molecular flexibility index (Phi) is 8.14. The smallest absolute Gasteiger partial charge is 0.0823 e. The van der Waals surface area contributed by atoms with Crippen LogP contribution in [-0.4, -0.2) is 43.8 Å². The summed E-state index contributed by atoms with van der Waals surface area (Å²) in [4.78, 5) is 2.33. The Balaban J connectivity index is 3.81. The zero-order valence-electron chi connectivity index (χ0n) is 10.1. The van der Waals surface area contributed by atoms with E-state index in [4.69, 9.17) is 10.5 Å². The van der Waals surface area contributed by atoms with E-state index in [-0.39, 0.29) is 6.10 Å². The molecule has 0 aromatic rings. The van der Waals surface area contributed by atoms with E-state index in [1.165, 1.54) is 12.8 Å². The Hall–Kier alpha value is -0.120. The van der Waals surface area contributed by atoms with E-state index >= 15 is 0 Å². The average molecular weight is 202 g/mol. The van der Waals surface area contributed by atoms with Gasteiger partial charge in [0.2, 0.25) is 0 Å². The lowest BCUT2D eigenvalue weighted by atomic mass is 10.1. The molecule has 2 N–H and O–H groups in total. The van der Waals surface area contributed by atoms with Crippen LogP contribution in [-0.2, 0) is 4.74 Å². The molecule has 0 aliphatic rings. The van der Waals surface area contributed by atoms with Gasteiger partial charge in [-0.25, -0.2) is 0 Å². The molecule has 0 amide bonds. The monoisotopic (exact) mass is 202 g/mol. The molecular formula is C11H26N2O. The first-order valence-corrected chi connectivity index (χ1v) is 5.67. The van der Waals surface area contributed by atoms with Crippen molar-refractivity contribution in [1.29, 1.82) is 0 Å². The van der Waals surface area contributed by atoms with Crippen molar-refractivity contribution in [1.82, 2.24) is 4.90 Å². The summed E-state index contributed by atoms with van der Waals surface area (Å²) in [6.07, 6.45) is 2.65. The second-order valence-corrected chi connectivity index (χ2v) is 3.89. The topological polar surface area (TPSA) is 38.5 Å². The number of nitrogens with two attached hydrogens (primary N) is 1. The molecule has 0 aliphatic carbocycles. The van der Waals surface area contributed by atoms with E-state index in [0.29, 0.717) is 12.6 Å². The molecule has 0 aromatic carbocycles. The summed E-state index contributed by atoms with van der Waals surface area (Å²) in [5, 5.41) is 0. The van der Waals surface area contributed by atoms with Crippen molar-refractivity contribution in [3.8, 4) is 0 Å². The van der Waals surface area contributed by atoms with Gasteiger partial charge in [0.05, 0.1) is 6.10 Å². The summed E-state index contributed by atoms with van der Waals surface area (Å²) in [7, 11) is 2.14. The molecule has 0 saturated carbocycles.